The highest BCUT2D eigenvalue weighted by atomic mass is 32.1. The molecule has 0 radical (unpaired) electrons. The maximum Gasteiger partial charge on any atom is 0.216 e. The van der Waals surface area contributed by atoms with E-state index in [1.54, 1.807) is 13.3 Å². The van der Waals surface area contributed by atoms with Crippen LogP contribution in [0.5, 0.6) is 17.2 Å². The fourth-order valence-corrected chi connectivity index (χ4v) is 2.64. The molecule has 0 unspecified atom stereocenters. The second-order valence-electron chi connectivity index (χ2n) is 6.18. The summed E-state index contributed by atoms with van der Waals surface area (Å²) in [5, 5.41) is 11.4. The Hall–Kier alpha value is -3.13. The highest BCUT2D eigenvalue weighted by Crippen LogP contribution is 2.28. The van der Waals surface area contributed by atoms with Crippen LogP contribution in [0.3, 0.4) is 0 Å². The van der Waals surface area contributed by atoms with Gasteiger partial charge >= 0.3 is 0 Å². The van der Waals surface area contributed by atoms with E-state index >= 15 is 0 Å². The predicted octanol–water partition coefficient (Wildman–Crippen LogP) is 4.20. The Labute approximate surface area is 168 Å². The van der Waals surface area contributed by atoms with Crippen molar-refractivity contribution in [3.63, 3.8) is 0 Å². The molecule has 3 aromatic rings. The third-order valence-electron chi connectivity index (χ3n) is 3.70. The topological polar surface area (TPSA) is 73.7 Å². The van der Waals surface area contributed by atoms with Crippen LogP contribution < -0.4 is 14.2 Å². The number of aromatic amines is 1. The van der Waals surface area contributed by atoms with Gasteiger partial charge in [0.2, 0.25) is 4.77 Å². The molecule has 7 nitrogen and oxygen atoms in total. The van der Waals surface area contributed by atoms with Gasteiger partial charge in [-0.1, -0.05) is 18.2 Å². The number of aromatic nitrogens is 3. The highest BCUT2D eigenvalue weighted by Gasteiger charge is 2.08. The van der Waals surface area contributed by atoms with E-state index in [0.717, 1.165) is 11.3 Å². The van der Waals surface area contributed by atoms with Gasteiger partial charge in [0.15, 0.2) is 17.3 Å². The zero-order valence-corrected chi connectivity index (χ0v) is 16.8. The van der Waals surface area contributed by atoms with Crippen LogP contribution in [0.1, 0.15) is 25.2 Å². The molecule has 0 atom stereocenters. The Bertz CT molecular complexity index is 996. The minimum absolute atomic E-state index is 0.0327. The van der Waals surface area contributed by atoms with Crippen molar-refractivity contribution >= 4 is 18.4 Å². The van der Waals surface area contributed by atoms with Gasteiger partial charge in [-0.05, 0) is 62.0 Å². The molecule has 0 spiro atoms. The quantitative estimate of drug-likeness (QED) is 0.455. The molecule has 0 bridgehead atoms. The number of para-hydroxylation sites is 1. The number of rotatable bonds is 8. The fraction of sp³-hybridized carbons (Fsp3) is 0.250. The molecular weight excluding hydrogens is 376 g/mol. The van der Waals surface area contributed by atoms with Crippen LogP contribution in [-0.4, -0.2) is 34.3 Å². The molecule has 1 heterocycles. The maximum absolute atomic E-state index is 5.80. The van der Waals surface area contributed by atoms with Crippen LogP contribution in [-0.2, 0) is 6.61 Å². The first-order chi connectivity index (χ1) is 13.6. The van der Waals surface area contributed by atoms with Crippen molar-refractivity contribution in [1.82, 2.24) is 14.9 Å². The minimum atomic E-state index is 0.0327. The van der Waals surface area contributed by atoms with Crippen molar-refractivity contribution in [3.05, 3.63) is 64.7 Å². The molecule has 1 aromatic heterocycles. The zero-order valence-electron chi connectivity index (χ0n) is 16.0. The lowest BCUT2D eigenvalue weighted by Gasteiger charge is -2.13. The van der Waals surface area contributed by atoms with Gasteiger partial charge < -0.3 is 14.2 Å². The zero-order chi connectivity index (χ0) is 19.9. The van der Waals surface area contributed by atoms with Gasteiger partial charge in [-0.25, -0.2) is 5.10 Å². The summed E-state index contributed by atoms with van der Waals surface area (Å²) in [7, 11) is 1.61. The van der Waals surface area contributed by atoms with Gasteiger partial charge in [-0.2, -0.15) is 14.9 Å². The van der Waals surface area contributed by atoms with Crippen LogP contribution >= 0.6 is 12.2 Å². The van der Waals surface area contributed by atoms with E-state index in [0.29, 0.717) is 22.1 Å². The number of methoxy groups -OCH3 is 1. The third kappa shape index (κ3) is 4.98. The first-order valence-corrected chi connectivity index (χ1v) is 9.21. The molecule has 2 aromatic carbocycles. The number of H-pyrrole nitrogens is 1. The molecule has 0 aliphatic rings. The van der Waals surface area contributed by atoms with Crippen molar-refractivity contribution in [2.75, 3.05) is 7.11 Å². The average molecular weight is 398 g/mol. The second-order valence-corrected chi connectivity index (χ2v) is 6.57. The summed E-state index contributed by atoms with van der Waals surface area (Å²) in [5.41, 5.74) is 0.842. The molecule has 146 valence electrons. The van der Waals surface area contributed by atoms with Crippen molar-refractivity contribution in [3.8, 4) is 17.2 Å². The monoisotopic (exact) mass is 398 g/mol. The van der Waals surface area contributed by atoms with Crippen LogP contribution in [0.2, 0.25) is 0 Å². The number of hydrogen-bond donors (Lipinski definition) is 1. The Morgan fingerprint density at radius 2 is 1.96 bits per heavy atom. The molecule has 0 fully saturated rings. The smallest absolute Gasteiger partial charge is 0.216 e. The van der Waals surface area contributed by atoms with E-state index in [-0.39, 0.29) is 12.7 Å². The summed E-state index contributed by atoms with van der Waals surface area (Å²) in [6, 6.07) is 15.1. The Morgan fingerprint density at radius 1 is 1.18 bits per heavy atom. The molecule has 0 saturated carbocycles. The highest BCUT2D eigenvalue weighted by molar-refractivity contribution is 7.71. The van der Waals surface area contributed by atoms with E-state index in [4.69, 9.17) is 26.4 Å². The average Bonchev–Trinajstić information content (AvgIpc) is 3.05. The van der Waals surface area contributed by atoms with Crippen molar-refractivity contribution in [1.29, 1.82) is 0 Å². The van der Waals surface area contributed by atoms with Gasteiger partial charge in [0.05, 0.1) is 19.4 Å². The first kappa shape index (κ1) is 19.6. The Balaban J connectivity index is 1.79. The second kappa shape index (κ2) is 9.18. The number of nitrogens with one attached hydrogen (secondary N) is 1. The minimum Gasteiger partial charge on any atom is -0.493 e. The molecule has 0 aliphatic heterocycles. The lowest BCUT2D eigenvalue weighted by atomic mass is 10.2. The standard InChI is InChI=1S/C20H22N4O3S/c1-14(2)27-18-11-15(9-10-17(18)25-3)12-21-24-19(22-23-20(24)28)13-26-16-7-5-4-6-8-16/h4-12,14H,13H2,1-3H3,(H,23,28)/b21-12-. The summed E-state index contributed by atoms with van der Waals surface area (Å²) in [6.07, 6.45) is 1.72. The number of nitrogens with zero attached hydrogens (tertiary/aromatic N) is 3. The number of benzene rings is 2. The predicted molar refractivity (Wildman–Crippen MR) is 110 cm³/mol. The summed E-state index contributed by atoms with van der Waals surface area (Å²) >= 11 is 5.27. The summed E-state index contributed by atoms with van der Waals surface area (Å²) in [5.74, 6) is 2.64. The number of ether oxygens (including phenoxy) is 3. The van der Waals surface area contributed by atoms with Crippen molar-refractivity contribution in [2.45, 2.75) is 26.6 Å². The fourth-order valence-electron chi connectivity index (χ4n) is 2.45. The lowest BCUT2D eigenvalue weighted by molar-refractivity contribution is 0.230. The van der Waals surface area contributed by atoms with Crippen LogP contribution in [0, 0.1) is 4.77 Å². The van der Waals surface area contributed by atoms with Crippen LogP contribution in [0.4, 0.5) is 0 Å². The van der Waals surface area contributed by atoms with E-state index < -0.39 is 0 Å². The molecule has 3 rings (SSSR count). The molecular formula is C20H22N4O3S. The SMILES string of the molecule is COc1ccc(/C=N\n2c(COc3ccccc3)n[nH]c2=S)cc1OC(C)C. The van der Waals surface area contributed by atoms with Gasteiger partial charge in [-0.15, -0.1) is 0 Å². The van der Waals surface area contributed by atoms with Gasteiger partial charge in [-0.3, -0.25) is 0 Å². The van der Waals surface area contributed by atoms with E-state index in [9.17, 15) is 0 Å². The Morgan fingerprint density at radius 3 is 2.68 bits per heavy atom. The first-order valence-electron chi connectivity index (χ1n) is 8.80. The largest absolute Gasteiger partial charge is 0.493 e. The van der Waals surface area contributed by atoms with Crippen LogP contribution in [0.15, 0.2) is 53.6 Å². The maximum atomic E-state index is 5.80. The van der Waals surface area contributed by atoms with E-state index in [1.165, 1.54) is 4.68 Å². The lowest BCUT2D eigenvalue weighted by Crippen LogP contribution is -2.07. The number of hydrogen-bond acceptors (Lipinski definition) is 6. The molecule has 1 N–H and O–H groups in total. The summed E-state index contributed by atoms with van der Waals surface area (Å²) < 4.78 is 18.8. The van der Waals surface area contributed by atoms with Gasteiger partial charge in [0.1, 0.15) is 12.4 Å². The van der Waals surface area contributed by atoms with Gasteiger partial charge in [0, 0.05) is 0 Å². The molecule has 8 heteroatoms. The summed E-state index contributed by atoms with van der Waals surface area (Å²) in [4.78, 5) is 0. The molecule has 0 amide bonds. The van der Waals surface area contributed by atoms with E-state index in [1.807, 2.05) is 62.4 Å². The molecule has 0 aliphatic carbocycles. The summed E-state index contributed by atoms with van der Waals surface area (Å²) in [6.45, 7) is 4.16. The molecule has 0 saturated heterocycles. The van der Waals surface area contributed by atoms with Crippen LogP contribution in [0.25, 0.3) is 0 Å². The van der Waals surface area contributed by atoms with Gasteiger partial charge in [0.25, 0.3) is 0 Å². The van der Waals surface area contributed by atoms with E-state index in [2.05, 4.69) is 15.3 Å². The van der Waals surface area contributed by atoms with Crippen molar-refractivity contribution < 1.29 is 14.2 Å². The third-order valence-corrected chi connectivity index (χ3v) is 3.97. The molecule has 28 heavy (non-hydrogen) atoms. The Kier molecular flexibility index (Phi) is 6.44. The normalized spacial score (nSPS) is 11.1. The van der Waals surface area contributed by atoms with Crippen molar-refractivity contribution in [2.24, 2.45) is 5.10 Å².